The summed E-state index contributed by atoms with van der Waals surface area (Å²) >= 11 is 2.13. The number of ether oxygens (including phenoxy) is 3. The molecular formula is C37H37IN4O10S2. The smallest absolute Gasteiger partial charge is 0.286 e. The molecule has 0 saturated carbocycles. The lowest BCUT2D eigenvalue weighted by Crippen LogP contribution is -2.44. The van der Waals surface area contributed by atoms with Crippen LogP contribution in [-0.2, 0) is 44.8 Å². The van der Waals surface area contributed by atoms with Crippen molar-refractivity contribution >= 4 is 48.7 Å². The van der Waals surface area contributed by atoms with Crippen LogP contribution in [-0.4, -0.2) is 73.1 Å². The Morgan fingerprint density at radius 1 is 0.926 bits per heavy atom. The van der Waals surface area contributed by atoms with Gasteiger partial charge in [0.2, 0.25) is 10.5 Å². The fourth-order valence-electron chi connectivity index (χ4n) is 5.41. The number of rotatable bonds is 17. The van der Waals surface area contributed by atoms with Crippen LogP contribution in [0.15, 0.2) is 67.0 Å². The van der Waals surface area contributed by atoms with Crippen molar-refractivity contribution < 1.29 is 44.9 Å². The highest BCUT2D eigenvalue weighted by atomic mass is 127. The number of benzene rings is 3. The van der Waals surface area contributed by atoms with Crippen molar-refractivity contribution in [3.05, 3.63) is 104 Å². The second-order valence-corrected chi connectivity index (χ2v) is 16.8. The normalized spacial score (nSPS) is 11.5. The van der Waals surface area contributed by atoms with Crippen LogP contribution in [0.5, 0.6) is 17.2 Å². The molecule has 0 bridgehead atoms. The van der Waals surface area contributed by atoms with Crippen molar-refractivity contribution in [3.8, 4) is 46.8 Å². The highest BCUT2D eigenvalue weighted by molar-refractivity contribution is 14.1. The van der Waals surface area contributed by atoms with Crippen LogP contribution in [0.25, 0.3) is 11.1 Å². The summed E-state index contributed by atoms with van der Waals surface area (Å²) in [4.78, 5) is 18.3. The summed E-state index contributed by atoms with van der Waals surface area (Å²) in [5, 5.41) is 11.4. The van der Waals surface area contributed by atoms with E-state index < -0.39 is 37.3 Å². The molecule has 0 fully saturated rings. The molecule has 54 heavy (non-hydrogen) atoms. The number of halogens is 1. The fraction of sp³-hybridized carbons (Fsp3) is 0.270. The maximum absolute atomic E-state index is 12.6. The summed E-state index contributed by atoms with van der Waals surface area (Å²) in [6.45, 7) is 3.20. The van der Waals surface area contributed by atoms with Gasteiger partial charge < -0.3 is 19.5 Å². The number of pyridine rings is 1. The van der Waals surface area contributed by atoms with E-state index in [2.05, 4.69) is 38.8 Å². The van der Waals surface area contributed by atoms with Crippen molar-refractivity contribution in [2.45, 2.75) is 38.2 Å². The number of carbonyl (C=O) groups excluding carboxylic acids is 1. The molecule has 4 rings (SSSR count). The minimum absolute atomic E-state index is 0.0526. The Balaban J connectivity index is 1.56. The van der Waals surface area contributed by atoms with E-state index in [0.29, 0.717) is 33.9 Å². The summed E-state index contributed by atoms with van der Waals surface area (Å²) in [6, 6.07) is 19.0. The molecule has 3 N–H and O–H groups in total. The molecular weight excluding hydrogens is 851 g/mol. The maximum atomic E-state index is 12.6. The van der Waals surface area contributed by atoms with Crippen LogP contribution in [0.2, 0.25) is 0 Å². The number of hydrogen-bond donors (Lipinski definition) is 3. The summed E-state index contributed by atoms with van der Waals surface area (Å²) in [7, 11) is -8.84. The van der Waals surface area contributed by atoms with Gasteiger partial charge in [0, 0.05) is 36.1 Å². The molecule has 14 nitrogen and oxygen atoms in total. The predicted molar refractivity (Wildman–Crippen MR) is 209 cm³/mol. The van der Waals surface area contributed by atoms with Crippen molar-refractivity contribution in [2.75, 3.05) is 26.7 Å². The van der Waals surface area contributed by atoms with Crippen LogP contribution in [0.1, 0.15) is 33.4 Å². The zero-order valence-corrected chi connectivity index (χ0v) is 33.2. The van der Waals surface area contributed by atoms with Gasteiger partial charge in [-0.05, 0) is 89.5 Å². The van der Waals surface area contributed by atoms with Crippen molar-refractivity contribution in [1.82, 2.24) is 15.2 Å². The average molecular weight is 889 g/mol. The number of nitrogens with zero attached hydrogens (tertiary/aromatic N) is 3. The van der Waals surface area contributed by atoms with E-state index in [1.54, 1.807) is 30.3 Å². The molecule has 1 aromatic heterocycles. The lowest BCUT2D eigenvalue weighted by Gasteiger charge is -2.21. The number of amides is 1. The van der Waals surface area contributed by atoms with Gasteiger partial charge in [0.25, 0.3) is 20.2 Å². The second-order valence-electron chi connectivity index (χ2n) is 12.1. The largest absolute Gasteiger partial charge is 0.488 e. The first-order chi connectivity index (χ1) is 25.5. The highest BCUT2D eigenvalue weighted by Gasteiger charge is 2.35. The van der Waals surface area contributed by atoms with Gasteiger partial charge in [-0.1, -0.05) is 36.3 Å². The summed E-state index contributed by atoms with van der Waals surface area (Å²) in [5.41, 5.74) is 6.57. The Morgan fingerprint density at radius 2 is 1.59 bits per heavy atom. The molecule has 0 atom stereocenters. The number of carbonyl (C=O) groups is 1. The first-order valence-electron chi connectivity index (χ1n) is 16.1. The molecule has 4 aromatic rings. The standard InChI is InChI=1S/C37H37IN4O10S2/c1-5-12-50-33-11-7-10-31(25(33)3)30-9-6-8-28(24(30)2)23-52-35-15-34(51-22-27-13-26(16-39)17-40-18-27)29(14-32(35)38)20-42(4)21-36(43)41-19-37(53(44,45)46)54(47,48)49/h1,6-11,13-15,17-18,37H,12,19-23H2,2-4H3,(H,41,43)(H,44,45,46)(H,47,48,49). The Labute approximate surface area is 328 Å². The third-order valence-corrected chi connectivity index (χ3v) is 12.1. The van der Waals surface area contributed by atoms with E-state index >= 15 is 0 Å². The lowest BCUT2D eigenvalue weighted by atomic mass is 9.93. The molecule has 0 saturated heterocycles. The zero-order chi connectivity index (χ0) is 39.6. The van der Waals surface area contributed by atoms with Gasteiger partial charge in [0.1, 0.15) is 43.1 Å². The minimum atomic E-state index is -5.22. The van der Waals surface area contributed by atoms with Gasteiger partial charge in [-0.25, -0.2) is 0 Å². The molecule has 1 heterocycles. The van der Waals surface area contributed by atoms with Gasteiger partial charge in [0.05, 0.1) is 22.2 Å². The van der Waals surface area contributed by atoms with E-state index in [-0.39, 0.29) is 32.9 Å². The van der Waals surface area contributed by atoms with E-state index in [0.717, 1.165) is 31.4 Å². The van der Waals surface area contributed by atoms with Crippen LogP contribution in [0, 0.1) is 41.1 Å². The molecule has 0 unspecified atom stereocenters. The topological polar surface area (TPSA) is 205 Å². The monoisotopic (exact) mass is 888 g/mol. The van der Waals surface area contributed by atoms with Crippen LogP contribution in [0.3, 0.4) is 0 Å². The van der Waals surface area contributed by atoms with Crippen LogP contribution >= 0.6 is 22.6 Å². The van der Waals surface area contributed by atoms with E-state index in [1.807, 2.05) is 62.4 Å². The predicted octanol–water partition coefficient (Wildman–Crippen LogP) is 4.66. The number of hydrogen-bond acceptors (Lipinski definition) is 11. The Morgan fingerprint density at radius 3 is 2.26 bits per heavy atom. The molecule has 0 radical (unpaired) electrons. The maximum Gasteiger partial charge on any atom is 0.286 e. The Kier molecular flexibility index (Phi) is 14.4. The molecule has 0 spiro atoms. The molecule has 1 amide bonds. The zero-order valence-electron chi connectivity index (χ0n) is 29.4. The fourth-order valence-corrected chi connectivity index (χ4v) is 7.92. The quantitative estimate of drug-likeness (QED) is 0.0751. The Hall–Kier alpha value is -4.76. The lowest BCUT2D eigenvalue weighted by molar-refractivity contribution is -0.121. The molecule has 3 aromatic carbocycles. The van der Waals surface area contributed by atoms with Crippen molar-refractivity contribution in [2.24, 2.45) is 0 Å². The van der Waals surface area contributed by atoms with Crippen molar-refractivity contribution in [1.29, 1.82) is 5.26 Å². The van der Waals surface area contributed by atoms with E-state index in [9.17, 15) is 36.0 Å². The third kappa shape index (κ3) is 11.4. The molecule has 0 aliphatic heterocycles. The molecule has 0 aliphatic rings. The summed E-state index contributed by atoms with van der Waals surface area (Å²) in [6.07, 6.45) is 8.39. The molecule has 284 valence electrons. The van der Waals surface area contributed by atoms with Gasteiger partial charge >= 0.3 is 0 Å². The summed E-state index contributed by atoms with van der Waals surface area (Å²) < 4.78 is 80.4. The van der Waals surface area contributed by atoms with Crippen molar-refractivity contribution in [3.63, 3.8) is 0 Å². The number of aromatic nitrogens is 1. The van der Waals surface area contributed by atoms with Gasteiger partial charge in [0.15, 0.2) is 0 Å². The van der Waals surface area contributed by atoms with Gasteiger partial charge in [-0.2, -0.15) is 22.1 Å². The first-order valence-corrected chi connectivity index (χ1v) is 20.1. The first kappa shape index (κ1) is 42.0. The van der Waals surface area contributed by atoms with E-state index in [4.69, 9.17) is 20.6 Å². The number of terminal acetylenes is 1. The van der Waals surface area contributed by atoms with Crippen LogP contribution < -0.4 is 19.5 Å². The van der Waals surface area contributed by atoms with Gasteiger partial charge in [-0.15, -0.1) is 6.42 Å². The highest BCUT2D eigenvalue weighted by Crippen LogP contribution is 2.35. The molecule has 0 aliphatic carbocycles. The van der Waals surface area contributed by atoms with Crippen LogP contribution in [0.4, 0.5) is 0 Å². The molecule has 17 heteroatoms. The summed E-state index contributed by atoms with van der Waals surface area (Å²) in [5.74, 6) is 3.35. The number of nitrogens with one attached hydrogen (secondary N) is 1. The number of nitriles is 1. The third-order valence-electron chi connectivity index (χ3n) is 8.13. The minimum Gasteiger partial charge on any atom is -0.488 e. The average Bonchev–Trinajstić information content (AvgIpc) is 3.10. The second kappa shape index (κ2) is 18.5. The Bertz CT molecular complexity index is 2290. The SMILES string of the molecule is C#CCOc1cccc(-c2cccc(COc3cc(OCc4cncc(C#N)c4)c(CN(C)CC(=O)NCC(S(=O)(=O)O)S(=O)(=O)O)cc3I)c2C)c1C. The number of likely N-dealkylation sites (N-methyl/N-ethyl adjacent to an activating group) is 1. The van der Waals surface area contributed by atoms with Gasteiger partial charge in [-0.3, -0.25) is 23.8 Å². The van der Waals surface area contributed by atoms with E-state index in [1.165, 1.54) is 6.20 Å².